The lowest BCUT2D eigenvalue weighted by atomic mass is 10.2. The smallest absolute Gasteiger partial charge is 0.290 e. The molecule has 0 aromatic rings. The second kappa shape index (κ2) is 13.1. The molecule has 0 aromatic heterocycles. The van der Waals surface area contributed by atoms with E-state index in [4.69, 9.17) is 14.6 Å². The summed E-state index contributed by atoms with van der Waals surface area (Å²) < 4.78 is 5.23. The number of hydrogen-bond donors (Lipinski definition) is 1. The van der Waals surface area contributed by atoms with Crippen LogP contribution >= 0.6 is 0 Å². The summed E-state index contributed by atoms with van der Waals surface area (Å²) in [5.41, 5.74) is 0. The van der Waals surface area contributed by atoms with E-state index in [2.05, 4.69) is 25.7 Å². The number of Topliss-reactive ketones (excluding diaryl/α,β-unsaturated/α-hetero) is 1. The van der Waals surface area contributed by atoms with E-state index in [1.165, 1.54) is 0 Å². The molecule has 5 heteroatoms. The van der Waals surface area contributed by atoms with Crippen LogP contribution in [0.25, 0.3) is 0 Å². The summed E-state index contributed by atoms with van der Waals surface area (Å²) in [6.45, 7) is 10.9. The van der Waals surface area contributed by atoms with Crippen LogP contribution in [0.15, 0.2) is 0 Å². The second-order valence-electron chi connectivity index (χ2n) is 3.72. The number of carboxylic acid groups (broad SMARTS) is 1. The molecule has 102 valence electrons. The Kier molecular flexibility index (Phi) is 14.2. The summed E-state index contributed by atoms with van der Waals surface area (Å²) in [4.78, 5) is 21.3. The number of ketones is 1. The van der Waals surface area contributed by atoms with Gasteiger partial charge in [0.1, 0.15) is 6.61 Å². The molecule has 1 N–H and O–H groups in total. The third-order valence-corrected chi connectivity index (χ3v) is 2.42. The zero-order valence-electron chi connectivity index (χ0n) is 11.3. The van der Waals surface area contributed by atoms with Crippen LogP contribution in [0.3, 0.4) is 0 Å². The predicted octanol–water partition coefficient (Wildman–Crippen LogP) is 1.41. The molecule has 0 radical (unpaired) electrons. The molecule has 0 aliphatic heterocycles. The van der Waals surface area contributed by atoms with Crippen LogP contribution in [0, 0.1) is 0 Å². The quantitative estimate of drug-likeness (QED) is 0.519. The average Bonchev–Trinajstić information content (AvgIpc) is 2.27. The van der Waals surface area contributed by atoms with Crippen molar-refractivity contribution in [3.05, 3.63) is 0 Å². The lowest BCUT2D eigenvalue weighted by Gasteiger charge is -2.26. The van der Waals surface area contributed by atoms with Gasteiger partial charge in [0.05, 0.1) is 0 Å². The minimum atomic E-state index is -0.250. The van der Waals surface area contributed by atoms with Crippen LogP contribution < -0.4 is 0 Å². The average molecular weight is 247 g/mol. The van der Waals surface area contributed by atoms with Gasteiger partial charge in [-0.1, -0.05) is 13.8 Å². The van der Waals surface area contributed by atoms with Crippen molar-refractivity contribution in [3.8, 4) is 0 Å². The summed E-state index contributed by atoms with van der Waals surface area (Å²) >= 11 is 0. The number of carbonyl (C=O) groups is 2. The van der Waals surface area contributed by atoms with Crippen molar-refractivity contribution in [1.29, 1.82) is 0 Å². The Bertz CT molecular complexity index is 193. The third kappa shape index (κ3) is 13.0. The van der Waals surface area contributed by atoms with Crippen molar-refractivity contribution >= 4 is 12.3 Å². The first-order valence-electron chi connectivity index (χ1n) is 5.92. The van der Waals surface area contributed by atoms with Crippen molar-refractivity contribution in [3.63, 3.8) is 0 Å². The van der Waals surface area contributed by atoms with E-state index in [9.17, 15) is 4.79 Å². The molecule has 17 heavy (non-hydrogen) atoms. The fourth-order valence-electron chi connectivity index (χ4n) is 1.50. The molecular weight excluding hydrogens is 222 g/mol. The Labute approximate surface area is 104 Å². The van der Waals surface area contributed by atoms with Gasteiger partial charge in [-0.3, -0.25) is 9.59 Å². The first-order valence-corrected chi connectivity index (χ1v) is 5.92. The molecule has 1 unspecified atom stereocenters. The predicted molar refractivity (Wildman–Crippen MR) is 67.2 cm³/mol. The highest BCUT2D eigenvalue weighted by Crippen LogP contribution is 2.02. The standard InChI is InChI=1S/C11H23NO2.CH2O2/c1-5-12(6-2)10(3)7-8-14-9-11(4)13;2-1-3/h10H,5-9H2,1-4H3;1H,(H,2,3). The van der Waals surface area contributed by atoms with Gasteiger partial charge in [0.15, 0.2) is 5.78 Å². The van der Waals surface area contributed by atoms with E-state index < -0.39 is 0 Å². The first kappa shape index (κ1) is 18.4. The maximum atomic E-state index is 10.6. The van der Waals surface area contributed by atoms with Crippen molar-refractivity contribution in [2.24, 2.45) is 0 Å². The molecule has 0 fully saturated rings. The van der Waals surface area contributed by atoms with Gasteiger partial charge >= 0.3 is 0 Å². The fraction of sp³-hybridized carbons (Fsp3) is 0.833. The van der Waals surface area contributed by atoms with Crippen LogP contribution in [0.1, 0.15) is 34.1 Å². The highest BCUT2D eigenvalue weighted by molar-refractivity contribution is 5.76. The largest absolute Gasteiger partial charge is 0.483 e. The van der Waals surface area contributed by atoms with Gasteiger partial charge in [0, 0.05) is 12.6 Å². The van der Waals surface area contributed by atoms with Crippen LogP contribution in [-0.2, 0) is 14.3 Å². The minimum absolute atomic E-state index is 0.0977. The lowest BCUT2D eigenvalue weighted by molar-refractivity contribution is -0.123. The van der Waals surface area contributed by atoms with E-state index in [0.717, 1.165) is 19.5 Å². The Balaban J connectivity index is 0. The number of carbonyl (C=O) groups excluding carboxylic acids is 1. The zero-order chi connectivity index (χ0) is 13.7. The second-order valence-corrected chi connectivity index (χ2v) is 3.72. The molecule has 1 atom stereocenters. The molecule has 5 nitrogen and oxygen atoms in total. The summed E-state index contributed by atoms with van der Waals surface area (Å²) in [6.07, 6.45) is 0.995. The lowest BCUT2D eigenvalue weighted by Crippen LogP contribution is -2.33. The van der Waals surface area contributed by atoms with Crippen molar-refractivity contribution in [1.82, 2.24) is 4.90 Å². The first-order chi connectivity index (χ1) is 8.03. The number of hydrogen-bond acceptors (Lipinski definition) is 4. The van der Waals surface area contributed by atoms with E-state index in [0.29, 0.717) is 12.6 Å². The molecule has 0 aliphatic rings. The van der Waals surface area contributed by atoms with E-state index in [-0.39, 0.29) is 18.9 Å². The molecule has 0 aromatic carbocycles. The molecule has 0 bridgehead atoms. The van der Waals surface area contributed by atoms with Gasteiger partial charge in [-0.25, -0.2) is 0 Å². The van der Waals surface area contributed by atoms with Gasteiger partial charge in [-0.15, -0.1) is 0 Å². The molecule has 0 saturated heterocycles. The highest BCUT2D eigenvalue weighted by Gasteiger charge is 2.09. The Hall–Kier alpha value is -0.940. The molecule has 0 heterocycles. The van der Waals surface area contributed by atoms with E-state index >= 15 is 0 Å². The van der Waals surface area contributed by atoms with E-state index in [1.54, 1.807) is 6.92 Å². The Morgan fingerprint density at radius 3 is 2.24 bits per heavy atom. The molecule has 0 rings (SSSR count). The van der Waals surface area contributed by atoms with Gasteiger partial charge in [0.2, 0.25) is 0 Å². The summed E-state index contributed by atoms with van der Waals surface area (Å²) in [7, 11) is 0. The number of ether oxygens (including phenoxy) is 1. The Morgan fingerprint density at radius 1 is 1.41 bits per heavy atom. The van der Waals surface area contributed by atoms with Crippen molar-refractivity contribution in [2.45, 2.75) is 40.2 Å². The minimum Gasteiger partial charge on any atom is -0.483 e. The van der Waals surface area contributed by atoms with Gasteiger partial charge in [-0.05, 0) is 33.4 Å². The van der Waals surface area contributed by atoms with Crippen molar-refractivity contribution in [2.75, 3.05) is 26.3 Å². The van der Waals surface area contributed by atoms with Gasteiger partial charge < -0.3 is 14.7 Å². The van der Waals surface area contributed by atoms with Crippen LogP contribution in [-0.4, -0.2) is 54.6 Å². The molecular formula is C12H25NO4. The number of rotatable bonds is 8. The SMILES string of the molecule is CCN(CC)C(C)CCOCC(C)=O.O=CO. The summed E-state index contributed by atoms with van der Waals surface area (Å²) in [5, 5.41) is 6.89. The third-order valence-electron chi connectivity index (χ3n) is 2.42. The zero-order valence-corrected chi connectivity index (χ0v) is 11.3. The van der Waals surface area contributed by atoms with E-state index in [1.807, 2.05) is 0 Å². The van der Waals surface area contributed by atoms with Crippen molar-refractivity contribution < 1.29 is 19.4 Å². The maximum Gasteiger partial charge on any atom is 0.290 e. The van der Waals surface area contributed by atoms with Gasteiger partial charge in [0.25, 0.3) is 6.47 Å². The Morgan fingerprint density at radius 2 is 1.88 bits per heavy atom. The van der Waals surface area contributed by atoms with Crippen LogP contribution in [0.4, 0.5) is 0 Å². The molecule has 0 saturated carbocycles. The monoisotopic (exact) mass is 247 g/mol. The maximum absolute atomic E-state index is 10.6. The molecule has 0 amide bonds. The fourth-order valence-corrected chi connectivity index (χ4v) is 1.50. The molecule has 0 aliphatic carbocycles. The normalized spacial score (nSPS) is 11.6. The summed E-state index contributed by atoms with van der Waals surface area (Å²) in [5.74, 6) is 0.0977. The topological polar surface area (TPSA) is 66.8 Å². The van der Waals surface area contributed by atoms with Crippen LogP contribution in [0.2, 0.25) is 0 Å². The highest BCUT2D eigenvalue weighted by atomic mass is 16.5. The van der Waals surface area contributed by atoms with Gasteiger partial charge in [-0.2, -0.15) is 0 Å². The van der Waals surface area contributed by atoms with Crippen LogP contribution in [0.5, 0.6) is 0 Å². The molecule has 0 spiro atoms. The summed E-state index contributed by atoms with van der Waals surface area (Å²) in [6, 6.07) is 0.539. The number of nitrogens with zero attached hydrogens (tertiary/aromatic N) is 1.